The molecule has 0 rings (SSSR count). The quantitative estimate of drug-likeness (QED) is 0.102. The van der Waals surface area contributed by atoms with E-state index >= 15 is 0 Å². The average Bonchev–Trinajstić information content (AvgIpc) is 2.73. The van der Waals surface area contributed by atoms with Crippen LogP contribution in [0.25, 0.3) is 4.85 Å². The van der Waals surface area contributed by atoms with Gasteiger partial charge in [-0.1, -0.05) is 19.7 Å². The Kier molecular flexibility index (Phi) is 13.7. The molecule has 0 saturated heterocycles. The highest BCUT2D eigenvalue weighted by Gasteiger charge is 2.16. The maximum Gasteiger partial charge on any atom is 0.306 e. The normalized spacial score (nSPS) is 9.59. The number of nitrogens with zero attached hydrogens (tertiary/aromatic N) is 3. The van der Waals surface area contributed by atoms with E-state index in [4.69, 9.17) is 36.3 Å². The maximum absolute atomic E-state index is 11.8. The molecule has 0 fully saturated rings. The molecular formula is C20H23N3O6. The minimum atomic E-state index is -0.512. The number of hydrogen-bond donors (Lipinski definition) is 0. The van der Waals surface area contributed by atoms with E-state index in [1.165, 1.54) is 0 Å². The van der Waals surface area contributed by atoms with Crippen LogP contribution in [-0.2, 0) is 28.8 Å². The van der Waals surface area contributed by atoms with Crippen LogP contribution in [0.15, 0.2) is 36.6 Å². The Morgan fingerprint density at radius 3 is 1.79 bits per heavy atom. The molecule has 0 aromatic rings. The minimum Gasteiger partial charge on any atom is -0.460 e. The van der Waals surface area contributed by atoms with Crippen molar-refractivity contribution < 1.29 is 28.8 Å². The van der Waals surface area contributed by atoms with Crippen LogP contribution in [0, 0.1) is 35.2 Å². The fourth-order valence-corrected chi connectivity index (χ4v) is 1.79. The fraction of sp³-hybridized carbons (Fsp3) is 0.450. The lowest BCUT2D eigenvalue weighted by molar-refractivity contribution is -0.295. The predicted octanol–water partition coefficient (Wildman–Crippen LogP) is 2.79. The van der Waals surface area contributed by atoms with Gasteiger partial charge in [-0.2, -0.15) is 10.5 Å². The summed E-state index contributed by atoms with van der Waals surface area (Å²) in [5, 5.41) is 17.2. The highest BCUT2D eigenvalue weighted by molar-refractivity contribution is 5.70. The van der Waals surface area contributed by atoms with Crippen molar-refractivity contribution in [1.82, 2.24) is 0 Å². The average molecular weight is 401 g/mol. The summed E-state index contributed by atoms with van der Waals surface area (Å²) in [4.78, 5) is 36.5. The standard InChI is InChI=1S/C20H23N3O6/c1-15(9-21)11-26-19(24)7-5-18(14-29-28-13-17(3)23-4)6-8-20(25)27-12-16(2)10-22/h18H,1-3,5-8,11-14H2. The smallest absolute Gasteiger partial charge is 0.306 e. The van der Waals surface area contributed by atoms with Gasteiger partial charge in [0.25, 0.3) is 0 Å². The summed E-state index contributed by atoms with van der Waals surface area (Å²) in [6.07, 6.45) is 0.760. The SMILES string of the molecule is [C-]#[N+]C(=C)COOCC(CCC(=O)OCC(=C)C#N)CCC(=O)OCC(=C)C#N. The van der Waals surface area contributed by atoms with E-state index in [0.29, 0.717) is 12.8 Å². The first-order chi connectivity index (χ1) is 13.8. The van der Waals surface area contributed by atoms with Crippen molar-refractivity contribution >= 4 is 11.9 Å². The largest absolute Gasteiger partial charge is 0.460 e. The number of carbonyl (C=O) groups is 2. The molecule has 0 heterocycles. The third kappa shape index (κ3) is 14.3. The second-order valence-electron chi connectivity index (χ2n) is 5.92. The van der Waals surface area contributed by atoms with Gasteiger partial charge in [-0.25, -0.2) is 14.6 Å². The molecule has 29 heavy (non-hydrogen) atoms. The van der Waals surface area contributed by atoms with Crippen LogP contribution in [0.1, 0.15) is 25.7 Å². The van der Waals surface area contributed by atoms with E-state index in [-0.39, 0.29) is 62.0 Å². The van der Waals surface area contributed by atoms with Gasteiger partial charge < -0.3 is 9.47 Å². The van der Waals surface area contributed by atoms with Gasteiger partial charge in [0.2, 0.25) is 0 Å². The Morgan fingerprint density at radius 2 is 1.38 bits per heavy atom. The van der Waals surface area contributed by atoms with E-state index in [0.717, 1.165) is 0 Å². The van der Waals surface area contributed by atoms with Crippen LogP contribution < -0.4 is 0 Å². The molecule has 0 atom stereocenters. The topological polar surface area (TPSA) is 123 Å². The third-order valence-corrected chi connectivity index (χ3v) is 3.42. The van der Waals surface area contributed by atoms with Crippen LogP contribution in [0.5, 0.6) is 0 Å². The van der Waals surface area contributed by atoms with Crippen molar-refractivity contribution in [3.63, 3.8) is 0 Å². The lowest BCUT2D eigenvalue weighted by atomic mass is 9.98. The fourth-order valence-electron chi connectivity index (χ4n) is 1.79. The van der Waals surface area contributed by atoms with Gasteiger partial charge in [0.05, 0.1) is 36.5 Å². The van der Waals surface area contributed by atoms with Crippen LogP contribution in [0.4, 0.5) is 0 Å². The summed E-state index contributed by atoms with van der Waals surface area (Å²) >= 11 is 0. The summed E-state index contributed by atoms with van der Waals surface area (Å²) in [6.45, 7) is 16.7. The molecule has 0 N–H and O–H groups in total. The van der Waals surface area contributed by atoms with E-state index in [9.17, 15) is 9.59 Å². The molecule has 0 amide bonds. The van der Waals surface area contributed by atoms with Gasteiger partial charge >= 0.3 is 11.9 Å². The Morgan fingerprint density at radius 1 is 0.897 bits per heavy atom. The lowest BCUT2D eigenvalue weighted by Gasteiger charge is -2.16. The lowest BCUT2D eigenvalue weighted by Crippen LogP contribution is -2.17. The molecule has 0 radical (unpaired) electrons. The van der Waals surface area contributed by atoms with Crippen LogP contribution in [-0.4, -0.2) is 38.4 Å². The van der Waals surface area contributed by atoms with Gasteiger partial charge in [0.15, 0.2) is 5.70 Å². The first-order valence-corrected chi connectivity index (χ1v) is 8.59. The van der Waals surface area contributed by atoms with Crippen molar-refractivity contribution in [2.24, 2.45) is 5.92 Å². The van der Waals surface area contributed by atoms with Gasteiger partial charge in [-0.3, -0.25) is 9.59 Å². The molecule has 0 unspecified atom stereocenters. The molecule has 0 aliphatic rings. The van der Waals surface area contributed by atoms with Crippen LogP contribution >= 0.6 is 0 Å². The number of rotatable bonds is 15. The summed E-state index contributed by atoms with van der Waals surface area (Å²) < 4.78 is 9.82. The van der Waals surface area contributed by atoms with Crippen molar-refractivity contribution in [3.05, 3.63) is 48.0 Å². The van der Waals surface area contributed by atoms with Crippen molar-refractivity contribution in [2.45, 2.75) is 25.7 Å². The minimum absolute atomic E-state index is 0.0434. The molecule has 0 aliphatic carbocycles. The number of carbonyl (C=O) groups excluding carboxylic acids is 2. The Labute approximate surface area is 170 Å². The molecule has 0 bridgehead atoms. The van der Waals surface area contributed by atoms with E-state index in [2.05, 4.69) is 24.6 Å². The summed E-state index contributed by atoms with van der Waals surface area (Å²) in [6, 6.07) is 3.55. The molecule has 9 heteroatoms. The summed E-state index contributed by atoms with van der Waals surface area (Å²) in [7, 11) is 0. The summed E-state index contributed by atoms with van der Waals surface area (Å²) in [5.41, 5.74) is 0.436. The maximum atomic E-state index is 11.8. The summed E-state index contributed by atoms with van der Waals surface area (Å²) in [5.74, 6) is -1.27. The highest BCUT2D eigenvalue weighted by atomic mass is 17.2. The van der Waals surface area contributed by atoms with Gasteiger partial charge in [-0.05, 0) is 18.8 Å². The first kappa shape index (κ1) is 25.6. The predicted molar refractivity (Wildman–Crippen MR) is 101 cm³/mol. The number of ether oxygens (including phenoxy) is 2. The number of esters is 2. The monoisotopic (exact) mass is 401 g/mol. The van der Waals surface area contributed by atoms with Crippen molar-refractivity contribution in [3.8, 4) is 12.1 Å². The second kappa shape index (κ2) is 15.6. The molecule has 0 aromatic carbocycles. The number of hydrogen-bond acceptors (Lipinski definition) is 8. The zero-order valence-corrected chi connectivity index (χ0v) is 16.1. The molecule has 154 valence electrons. The Bertz CT molecular complexity index is 693. The zero-order valence-electron chi connectivity index (χ0n) is 16.1. The molecule has 0 aromatic heterocycles. The molecular weight excluding hydrogens is 378 g/mol. The zero-order chi connectivity index (χ0) is 22.1. The second-order valence-corrected chi connectivity index (χ2v) is 5.92. The highest BCUT2D eigenvalue weighted by Crippen LogP contribution is 2.16. The number of nitriles is 2. The van der Waals surface area contributed by atoms with Gasteiger partial charge in [0.1, 0.15) is 19.8 Å². The van der Waals surface area contributed by atoms with Crippen molar-refractivity contribution in [2.75, 3.05) is 26.4 Å². The molecule has 0 spiro atoms. The Hall–Kier alpha value is -3.45. The van der Waals surface area contributed by atoms with E-state index in [1.54, 1.807) is 12.1 Å². The van der Waals surface area contributed by atoms with E-state index < -0.39 is 11.9 Å². The first-order valence-electron chi connectivity index (χ1n) is 8.59. The van der Waals surface area contributed by atoms with Crippen molar-refractivity contribution in [1.29, 1.82) is 10.5 Å². The molecule has 9 nitrogen and oxygen atoms in total. The van der Waals surface area contributed by atoms with Crippen LogP contribution in [0.2, 0.25) is 0 Å². The van der Waals surface area contributed by atoms with E-state index in [1.807, 2.05) is 0 Å². The Balaban J connectivity index is 4.48. The molecule has 0 saturated carbocycles. The molecule has 0 aliphatic heterocycles. The van der Waals surface area contributed by atoms with Gasteiger partial charge in [-0.15, -0.1) is 0 Å². The third-order valence-electron chi connectivity index (χ3n) is 3.42. The van der Waals surface area contributed by atoms with Gasteiger partial charge in [0, 0.05) is 12.8 Å². The van der Waals surface area contributed by atoms with Crippen LogP contribution in [0.3, 0.4) is 0 Å².